The monoisotopic (exact) mass is 465 g/mol. The predicted octanol–water partition coefficient (Wildman–Crippen LogP) is 4.70. The summed E-state index contributed by atoms with van der Waals surface area (Å²) in [5, 5.41) is 7.40. The van der Waals surface area contributed by atoms with Gasteiger partial charge in [0.15, 0.2) is 0 Å². The molecule has 0 aliphatic rings. The van der Waals surface area contributed by atoms with E-state index >= 15 is 0 Å². The Morgan fingerprint density at radius 3 is 2.06 bits per heavy atom. The number of amides is 2. The van der Waals surface area contributed by atoms with Crippen molar-refractivity contribution < 1.29 is 19.1 Å². The number of hydrogen-bond acceptors (Lipinski definition) is 6. The van der Waals surface area contributed by atoms with Crippen molar-refractivity contribution in [3.8, 4) is 0 Å². The van der Waals surface area contributed by atoms with Gasteiger partial charge in [-0.1, -0.05) is 36.4 Å². The van der Waals surface area contributed by atoms with Crippen LogP contribution in [0.3, 0.4) is 0 Å². The van der Waals surface area contributed by atoms with Gasteiger partial charge in [0.25, 0.3) is 5.91 Å². The van der Waals surface area contributed by atoms with E-state index in [-0.39, 0.29) is 16.9 Å². The third-order valence-electron chi connectivity index (χ3n) is 5.44. The lowest BCUT2D eigenvalue weighted by Crippen LogP contribution is -2.20. The zero-order valence-corrected chi connectivity index (χ0v) is 18.6. The number of aromatic nitrogens is 3. The molecule has 5 rings (SSSR count). The van der Waals surface area contributed by atoms with Gasteiger partial charge < -0.3 is 15.4 Å². The Kier molecular flexibility index (Phi) is 5.64. The average Bonchev–Trinajstić information content (AvgIpc) is 3.23. The number of fused-ring (bicyclic) bond motifs is 3. The molecule has 9 nitrogen and oxygen atoms in total. The van der Waals surface area contributed by atoms with Crippen LogP contribution in [0, 0.1) is 0 Å². The Labute approximate surface area is 199 Å². The molecule has 35 heavy (non-hydrogen) atoms. The molecule has 2 amide bonds. The molecule has 0 fully saturated rings. The van der Waals surface area contributed by atoms with Crippen molar-refractivity contribution in [3.05, 3.63) is 96.6 Å². The topological polar surface area (TPSA) is 115 Å². The van der Waals surface area contributed by atoms with Crippen LogP contribution in [0.1, 0.15) is 20.8 Å². The van der Waals surface area contributed by atoms with Crippen LogP contribution in [0.4, 0.5) is 16.2 Å². The fraction of sp³-hybridized carbons (Fsp3) is 0.0385. The van der Waals surface area contributed by atoms with E-state index in [1.165, 1.54) is 37.8 Å². The first-order valence-electron chi connectivity index (χ1n) is 10.7. The number of carbonyl (C=O) groups excluding carboxylic acids is 3. The SMILES string of the molecule is COC(=O)c1cc(NC(=O)c2cnccn2)cc(NC(=O)n2c3ccccc3c3ccccc32)c1. The minimum Gasteiger partial charge on any atom is -0.465 e. The lowest BCUT2D eigenvalue weighted by molar-refractivity contribution is 0.0600. The van der Waals surface area contributed by atoms with E-state index in [1.807, 2.05) is 48.5 Å². The van der Waals surface area contributed by atoms with Crippen LogP contribution in [-0.4, -0.2) is 39.6 Å². The molecule has 0 spiro atoms. The third-order valence-corrected chi connectivity index (χ3v) is 5.44. The summed E-state index contributed by atoms with van der Waals surface area (Å²) in [6.07, 6.45) is 4.18. The minimum absolute atomic E-state index is 0.104. The first-order valence-corrected chi connectivity index (χ1v) is 10.7. The first kappa shape index (κ1) is 21.8. The first-order chi connectivity index (χ1) is 17.0. The highest BCUT2D eigenvalue weighted by Crippen LogP contribution is 2.29. The fourth-order valence-electron chi connectivity index (χ4n) is 3.94. The molecule has 2 heterocycles. The lowest BCUT2D eigenvalue weighted by Gasteiger charge is -2.12. The van der Waals surface area contributed by atoms with Gasteiger partial charge in [0, 0.05) is 34.5 Å². The number of nitrogens with zero attached hydrogens (tertiary/aromatic N) is 3. The highest BCUT2D eigenvalue weighted by molar-refractivity contribution is 6.15. The van der Waals surface area contributed by atoms with Crippen molar-refractivity contribution in [2.24, 2.45) is 0 Å². The van der Waals surface area contributed by atoms with Crippen LogP contribution in [0.15, 0.2) is 85.3 Å². The fourth-order valence-corrected chi connectivity index (χ4v) is 3.94. The highest BCUT2D eigenvalue weighted by atomic mass is 16.5. The summed E-state index contributed by atoms with van der Waals surface area (Å²) in [7, 11) is 1.25. The number of nitrogens with one attached hydrogen (secondary N) is 2. The van der Waals surface area contributed by atoms with Crippen molar-refractivity contribution >= 4 is 51.1 Å². The zero-order chi connectivity index (χ0) is 24.4. The van der Waals surface area contributed by atoms with Crippen molar-refractivity contribution in [3.63, 3.8) is 0 Å². The quantitative estimate of drug-likeness (QED) is 0.372. The van der Waals surface area contributed by atoms with Crippen molar-refractivity contribution in [2.45, 2.75) is 0 Å². The Hall–Kier alpha value is -5.05. The van der Waals surface area contributed by atoms with Gasteiger partial charge in [-0.3, -0.25) is 14.3 Å². The van der Waals surface area contributed by atoms with Crippen LogP contribution in [0.25, 0.3) is 21.8 Å². The van der Waals surface area contributed by atoms with Crippen LogP contribution in [0.2, 0.25) is 0 Å². The summed E-state index contributed by atoms with van der Waals surface area (Å²) >= 11 is 0. The number of anilines is 2. The molecule has 3 aromatic carbocycles. The number of benzene rings is 3. The molecule has 172 valence electrons. The predicted molar refractivity (Wildman–Crippen MR) is 132 cm³/mol. The van der Waals surface area contributed by atoms with Gasteiger partial charge in [-0.2, -0.15) is 0 Å². The zero-order valence-electron chi connectivity index (χ0n) is 18.6. The smallest absolute Gasteiger partial charge is 0.337 e. The molecule has 0 saturated heterocycles. The molecule has 0 aliphatic heterocycles. The maximum absolute atomic E-state index is 13.4. The summed E-state index contributed by atoms with van der Waals surface area (Å²) in [6.45, 7) is 0. The van der Waals surface area contributed by atoms with E-state index in [1.54, 1.807) is 10.6 Å². The number of methoxy groups -OCH3 is 1. The van der Waals surface area contributed by atoms with Crippen molar-refractivity contribution in [1.82, 2.24) is 14.5 Å². The van der Waals surface area contributed by atoms with Crippen LogP contribution < -0.4 is 10.6 Å². The van der Waals surface area contributed by atoms with E-state index in [0.29, 0.717) is 5.69 Å². The second-order valence-electron chi connectivity index (χ2n) is 7.64. The van der Waals surface area contributed by atoms with E-state index < -0.39 is 17.9 Å². The summed E-state index contributed by atoms with van der Waals surface area (Å²) in [5.41, 5.74) is 2.32. The largest absolute Gasteiger partial charge is 0.465 e. The van der Waals surface area contributed by atoms with Gasteiger partial charge in [0.05, 0.1) is 29.9 Å². The van der Waals surface area contributed by atoms with E-state index in [0.717, 1.165) is 21.8 Å². The Bertz CT molecular complexity index is 1540. The van der Waals surface area contributed by atoms with Crippen LogP contribution in [0.5, 0.6) is 0 Å². The maximum Gasteiger partial charge on any atom is 0.337 e. The molecule has 0 radical (unpaired) electrons. The molecule has 0 saturated carbocycles. The summed E-state index contributed by atoms with van der Waals surface area (Å²) in [4.78, 5) is 46.1. The Morgan fingerprint density at radius 1 is 0.829 bits per heavy atom. The normalized spacial score (nSPS) is 10.8. The summed E-state index contributed by atoms with van der Waals surface area (Å²) < 4.78 is 6.41. The maximum atomic E-state index is 13.4. The second kappa shape index (κ2) is 9.06. The highest BCUT2D eigenvalue weighted by Gasteiger charge is 2.18. The van der Waals surface area contributed by atoms with Crippen LogP contribution in [-0.2, 0) is 4.74 Å². The van der Waals surface area contributed by atoms with Gasteiger partial charge in [0.1, 0.15) is 5.69 Å². The van der Waals surface area contributed by atoms with Crippen molar-refractivity contribution in [2.75, 3.05) is 17.7 Å². The van der Waals surface area contributed by atoms with E-state index in [9.17, 15) is 14.4 Å². The second-order valence-corrected chi connectivity index (χ2v) is 7.64. The van der Waals surface area contributed by atoms with E-state index in [2.05, 4.69) is 20.6 Å². The van der Waals surface area contributed by atoms with E-state index in [4.69, 9.17) is 4.74 Å². The van der Waals surface area contributed by atoms with Gasteiger partial charge in [0.2, 0.25) is 0 Å². The number of hydrogen-bond donors (Lipinski definition) is 2. The number of para-hydroxylation sites is 2. The molecule has 0 bridgehead atoms. The summed E-state index contributed by atoms with van der Waals surface area (Å²) in [6, 6.07) is 19.3. The van der Waals surface area contributed by atoms with Crippen molar-refractivity contribution in [1.29, 1.82) is 0 Å². The Morgan fingerprint density at radius 2 is 1.46 bits per heavy atom. The van der Waals surface area contributed by atoms with Gasteiger partial charge in [-0.15, -0.1) is 0 Å². The standard InChI is InChI=1S/C26H19N5O4/c1-35-25(33)16-12-17(29-24(32)21-15-27-10-11-28-21)14-18(13-16)30-26(34)31-22-8-4-2-6-19(22)20-7-3-5-9-23(20)31/h2-15H,1H3,(H,29,32)(H,30,34). The molecule has 0 atom stereocenters. The molecule has 2 N–H and O–H groups in total. The van der Waals surface area contributed by atoms with Crippen LogP contribution >= 0.6 is 0 Å². The van der Waals surface area contributed by atoms with Gasteiger partial charge in [-0.05, 0) is 30.3 Å². The summed E-state index contributed by atoms with van der Waals surface area (Å²) in [5.74, 6) is -1.13. The molecule has 9 heteroatoms. The third kappa shape index (κ3) is 4.18. The Balaban J connectivity index is 1.52. The number of ether oxygens (including phenoxy) is 1. The minimum atomic E-state index is -0.618. The van der Waals surface area contributed by atoms with Gasteiger partial charge in [-0.25, -0.2) is 14.6 Å². The molecule has 0 aliphatic carbocycles. The number of esters is 1. The molecule has 0 unspecified atom stereocenters. The number of rotatable bonds is 4. The molecular weight excluding hydrogens is 446 g/mol. The average molecular weight is 465 g/mol. The lowest BCUT2D eigenvalue weighted by atomic mass is 10.1. The van der Waals surface area contributed by atoms with Gasteiger partial charge >= 0.3 is 12.0 Å². The number of carbonyl (C=O) groups is 3. The molecule has 2 aromatic heterocycles. The molecular formula is C26H19N5O4. The molecule has 5 aromatic rings.